The fraction of sp³-hybridized carbons (Fsp3) is 0.409. The monoisotopic (exact) mass is 414 g/mol. The molecular weight excluding hydrogens is 388 g/mol. The van der Waals surface area contributed by atoms with Crippen LogP contribution in [-0.4, -0.2) is 27.5 Å². The zero-order valence-corrected chi connectivity index (χ0v) is 17.5. The third kappa shape index (κ3) is 3.89. The van der Waals surface area contributed by atoms with Crippen LogP contribution in [0.4, 0.5) is 5.69 Å². The van der Waals surface area contributed by atoms with Crippen LogP contribution in [0.1, 0.15) is 37.3 Å². The van der Waals surface area contributed by atoms with Gasteiger partial charge in [0.05, 0.1) is 12.0 Å². The van der Waals surface area contributed by atoms with Gasteiger partial charge in [-0.25, -0.2) is 13.1 Å². The maximum Gasteiger partial charge on any atom is 0.240 e. The molecule has 0 spiro atoms. The Bertz CT molecular complexity index is 1010. The Morgan fingerprint density at radius 1 is 1.17 bits per heavy atom. The minimum atomic E-state index is -3.65. The number of sulfonamides is 1. The summed E-state index contributed by atoms with van der Waals surface area (Å²) in [7, 11) is -2.05. The highest BCUT2D eigenvalue weighted by Crippen LogP contribution is 2.38. The largest absolute Gasteiger partial charge is 0.497 e. The average molecular weight is 415 g/mol. The molecule has 1 heterocycles. The molecular formula is C22H26N2O4S. The molecule has 154 valence electrons. The van der Waals surface area contributed by atoms with Crippen LogP contribution >= 0.6 is 0 Å². The highest BCUT2D eigenvalue weighted by molar-refractivity contribution is 7.89. The van der Waals surface area contributed by atoms with Gasteiger partial charge in [-0.1, -0.05) is 18.6 Å². The number of nitrogens with one attached hydrogen (secondary N) is 1. The molecule has 1 aliphatic heterocycles. The van der Waals surface area contributed by atoms with E-state index in [1.807, 2.05) is 24.0 Å². The van der Waals surface area contributed by atoms with Gasteiger partial charge in [-0.3, -0.25) is 4.79 Å². The van der Waals surface area contributed by atoms with E-state index in [-0.39, 0.29) is 29.3 Å². The van der Waals surface area contributed by atoms with Gasteiger partial charge in [0.25, 0.3) is 0 Å². The molecule has 1 aliphatic carbocycles. The van der Waals surface area contributed by atoms with Crippen molar-refractivity contribution in [2.75, 3.05) is 12.0 Å². The Labute approximate surface area is 171 Å². The number of hydrogen-bond acceptors (Lipinski definition) is 4. The molecule has 2 aliphatic rings. The summed E-state index contributed by atoms with van der Waals surface area (Å²) in [6, 6.07) is 12.4. The quantitative estimate of drug-likeness (QED) is 0.787. The van der Waals surface area contributed by atoms with Crippen LogP contribution < -0.4 is 14.4 Å². The minimum Gasteiger partial charge on any atom is -0.497 e. The van der Waals surface area contributed by atoms with E-state index in [9.17, 15) is 13.2 Å². The van der Waals surface area contributed by atoms with Crippen molar-refractivity contribution in [2.24, 2.45) is 5.92 Å². The average Bonchev–Trinajstić information content (AvgIpc) is 3.00. The topological polar surface area (TPSA) is 75.7 Å². The number of methoxy groups -OCH3 is 1. The fourth-order valence-corrected chi connectivity index (χ4v) is 5.04. The molecule has 7 heteroatoms. The van der Waals surface area contributed by atoms with Crippen LogP contribution in [0.5, 0.6) is 5.75 Å². The molecule has 1 amide bonds. The summed E-state index contributed by atoms with van der Waals surface area (Å²) >= 11 is 0. The third-order valence-electron chi connectivity index (χ3n) is 5.89. The maximum atomic E-state index is 12.8. The lowest BCUT2D eigenvalue weighted by Crippen LogP contribution is -2.42. The van der Waals surface area contributed by atoms with Crippen molar-refractivity contribution in [3.05, 3.63) is 53.6 Å². The Morgan fingerprint density at radius 2 is 1.90 bits per heavy atom. The van der Waals surface area contributed by atoms with E-state index in [0.717, 1.165) is 41.8 Å². The van der Waals surface area contributed by atoms with Gasteiger partial charge in [-0.15, -0.1) is 0 Å². The second-order valence-electron chi connectivity index (χ2n) is 7.85. The molecule has 1 atom stereocenters. The first kappa shape index (κ1) is 19.9. The standard InChI is InChI=1S/C22H26N2O4S/c1-15-12-18-13-20(10-11-21(18)24(15)22(25)17-4-3-5-17)29(26,27)23-14-16-6-8-19(28-2)9-7-16/h6-11,13,15,17,23H,3-5,12,14H2,1-2H3/t15-/m0/s1. The summed E-state index contributed by atoms with van der Waals surface area (Å²) < 4.78 is 33.3. The van der Waals surface area contributed by atoms with Gasteiger partial charge in [0.15, 0.2) is 0 Å². The van der Waals surface area contributed by atoms with E-state index < -0.39 is 10.0 Å². The molecule has 0 bridgehead atoms. The second-order valence-corrected chi connectivity index (χ2v) is 9.62. The summed E-state index contributed by atoms with van der Waals surface area (Å²) in [5, 5.41) is 0. The predicted molar refractivity (Wildman–Crippen MR) is 111 cm³/mol. The zero-order valence-electron chi connectivity index (χ0n) is 16.7. The first-order chi connectivity index (χ1) is 13.9. The van der Waals surface area contributed by atoms with Crippen molar-refractivity contribution >= 4 is 21.6 Å². The molecule has 4 rings (SSSR count). The zero-order chi connectivity index (χ0) is 20.6. The van der Waals surface area contributed by atoms with Gasteiger partial charge in [0, 0.05) is 24.2 Å². The summed E-state index contributed by atoms with van der Waals surface area (Å²) in [5.74, 6) is 1.03. The van der Waals surface area contributed by atoms with Gasteiger partial charge in [-0.05, 0) is 67.6 Å². The Balaban J connectivity index is 1.50. The van der Waals surface area contributed by atoms with Gasteiger partial charge in [0.2, 0.25) is 15.9 Å². The van der Waals surface area contributed by atoms with Crippen molar-refractivity contribution in [3.63, 3.8) is 0 Å². The van der Waals surface area contributed by atoms with Crippen molar-refractivity contribution < 1.29 is 17.9 Å². The molecule has 2 aromatic rings. The van der Waals surface area contributed by atoms with Crippen LogP contribution in [0.25, 0.3) is 0 Å². The van der Waals surface area contributed by atoms with Crippen LogP contribution in [0.3, 0.4) is 0 Å². The summed E-state index contributed by atoms with van der Waals surface area (Å²) in [6.07, 6.45) is 3.70. The first-order valence-corrected chi connectivity index (χ1v) is 11.5. The molecule has 1 N–H and O–H groups in total. The molecule has 29 heavy (non-hydrogen) atoms. The molecule has 2 aromatic carbocycles. The molecule has 1 fully saturated rings. The highest BCUT2D eigenvalue weighted by Gasteiger charge is 2.37. The van der Waals surface area contributed by atoms with Crippen molar-refractivity contribution in [1.29, 1.82) is 0 Å². The number of ether oxygens (including phenoxy) is 1. The maximum absolute atomic E-state index is 12.8. The third-order valence-corrected chi connectivity index (χ3v) is 7.29. The van der Waals surface area contributed by atoms with Gasteiger partial charge >= 0.3 is 0 Å². The lowest BCUT2D eigenvalue weighted by atomic mass is 9.84. The SMILES string of the molecule is COc1ccc(CNS(=O)(=O)c2ccc3c(c2)C[C@H](C)N3C(=O)C2CCC2)cc1. The molecule has 0 radical (unpaired) electrons. The molecule has 6 nitrogen and oxygen atoms in total. The number of carbonyl (C=O) groups is 1. The normalized spacial score (nSPS) is 19.0. The molecule has 0 unspecified atom stereocenters. The Kier molecular flexibility index (Phi) is 5.36. The number of rotatable bonds is 6. The van der Waals surface area contributed by atoms with Crippen molar-refractivity contribution in [2.45, 2.75) is 50.1 Å². The summed E-state index contributed by atoms with van der Waals surface area (Å²) in [5.41, 5.74) is 2.61. The van der Waals surface area contributed by atoms with Crippen molar-refractivity contribution in [1.82, 2.24) is 4.72 Å². The van der Waals surface area contributed by atoms with Gasteiger partial charge in [0.1, 0.15) is 5.75 Å². The van der Waals surface area contributed by atoms with E-state index >= 15 is 0 Å². The molecule has 0 aromatic heterocycles. The predicted octanol–water partition coefficient (Wildman–Crippen LogP) is 3.25. The Hall–Kier alpha value is -2.38. The first-order valence-electron chi connectivity index (χ1n) is 9.97. The van der Waals surface area contributed by atoms with E-state index in [1.54, 1.807) is 37.4 Å². The minimum absolute atomic E-state index is 0.0586. The van der Waals surface area contributed by atoms with Crippen LogP contribution in [0, 0.1) is 5.92 Å². The molecule has 1 saturated carbocycles. The lowest BCUT2D eigenvalue weighted by Gasteiger charge is -2.32. The van der Waals surface area contributed by atoms with Crippen LogP contribution in [0.2, 0.25) is 0 Å². The van der Waals surface area contributed by atoms with E-state index in [2.05, 4.69) is 4.72 Å². The van der Waals surface area contributed by atoms with Gasteiger partial charge < -0.3 is 9.64 Å². The van der Waals surface area contributed by atoms with Gasteiger partial charge in [-0.2, -0.15) is 0 Å². The lowest BCUT2D eigenvalue weighted by molar-refractivity contribution is -0.125. The van der Waals surface area contributed by atoms with Crippen LogP contribution in [-0.2, 0) is 27.8 Å². The van der Waals surface area contributed by atoms with E-state index in [1.165, 1.54) is 0 Å². The summed E-state index contributed by atoms with van der Waals surface area (Å²) in [6.45, 7) is 2.22. The van der Waals surface area contributed by atoms with Crippen LogP contribution in [0.15, 0.2) is 47.4 Å². The number of amides is 1. The Morgan fingerprint density at radius 3 is 2.52 bits per heavy atom. The van der Waals surface area contributed by atoms with E-state index in [0.29, 0.717) is 6.42 Å². The number of fused-ring (bicyclic) bond motifs is 1. The van der Waals surface area contributed by atoms with Crippen molar-refractivity contribution in [3.8, 4) is 5.75 Å². The fourth-order valence-electron chi connectivity index (χ4n) is 3.97. The number of nitrogens with zero attached hydrogens (tertiary/aromatic N) is 1. The second kappa shape index (κ2) is 7.80. The summed E-state index contributed by atoms with van der Waals surface area (Å²) in [4.78, 5) is 14.9. The van der Waals surface area contributed by atoms with E-state index in [4.69, 9.17) is 4.74 Å². The number of carbonyl (C=O) groups excluding carboxylic acids is 1. The molecule has 0 saturated heterocycles. The number of benzene rings is 2. The highest BCUT2D eigenvalue weighted by atomic mass is 32.2. The number of hydrogen-bond donors (Lipinski definition) is 1. The number of anilines is 1. The smallest absolute Gasteiger partial charge is 0.240 e.